The Balaban J connectivity index is 1.84. The maximum Gasteiger partial charge on any atom is 0.0998 e. The molecule has 1 saturated heterocycles. The van der Waals surface area contributed by atoms with Crippen LogP contribution >= 0.6 is 22.9 Å². The van der Waals surface area contributed by atoms with Crippen LogP contribution in [0, 0.1) is 0 Å². The molecule has 0 spiro atoms. The lowest BCUT2D eigenvalue weighted by Gasteiger charge is -2.26. The van der Waals surface area contributed by atoms with Crippen molar-refractivity contribution in [3.05, 3.63) is 28.2 Å². The van der Waals surface area contributed by atoms with Crippen LogP contribution in [-0.2, 0) is 11.3 Å². The Hall–Kier alpha value is -0.680. The van der Waals surface area contributed by atoms with Gasteiger partial charge in [0.15, 0.2) is 0 Å². The van der Waals surface area contributed by atoms with Crippen molar-refractivity contribution in [2.75, 3.05) is 26.3 Å². The molecule has 2 heterocycles. The summed E-state index contributed by atoms with van der Waals surface area (Å²) < 4.78 is 6.51. The van der Waals surface area contributed by atoms with E-state index in [1.54, 1.807) is 11.3 Å². The molecule has 0 aliphatic carbocycles. The highest BCUT2D eigenvalue weighted by molar-refractivity contribution is 7.16. The number of hydrogen-bond acceptors (Lipinski definition) is 4. The van der Waals surface area contributed by atoms with Crippen molar-refractivity contribution in [1.29, 1.82) is 0 Å². The van der Waals surface area contributed by atoms with Gasteiger partial charge < -0.3 is 4.74 Å². The van der Waals surface area contributed by atoms with Crippen LogP contribution in [0.25, 0.3) is 10.2 Å². The number of fused-ring (bicyclic) bond motifs is 1. The van der Waals surface area contributed by atoms with Crippen molar-refractivity contribution in [2.45, 2.75) is 6.54 Å². The average molecular weight is 269 g/mol. The van der Waals surface area contributed by atoms with Gasteiger partial charge in [-0.2, -0.15) is 0 Å². The second-order valence-corrected chi connectivity index (χ2v) is 5.46. The summed E-state index contributed by atoms with van der Waals surface area (Å²) in [5.41, 5.74) is 4.02. The van der Waals surface area contributed by atoms with Crippen LogP contribution in [0.4, 0.5) is 0 Å². The summed E-state index contributed by atoms with van der Waals surface area (Å²) in [7, 11) is 0. The molecule has 3 rings (SSSR count). The van der Waals surface area contributed by atoms with Crippen LogP contribution < -0.4 is 0 Å². The number of ether oxygens (including phenoxy) is 1. The van der Waals surface area contributed by atoms with Crippen LogP contribution in [0.1, 0.15) is 5.56 Å². The smallest absolute Gasteiger partial charge is 0.0998 e. The second-order valence-electron chi connectivity index (χ2n) is 4.17. The van der Waals surface area contributed by atoms with E-state index in [0.717, 1.165) is 43.4 Å². The number of benzene rings is 1. The van der Waals surface area contributed by atoms with Crippen molar-refractivity contribution in [2.24, 2.45) is 0 Å². The second kappa shape index (κ2) is 4.90. The third-order valence-corrected chi connectivity index (χ3v) is 4.02. The molecule has 1 fully saturated rings. The molecule has 3 nitrogen and oxygen atoms in total. The summed E-state index contributed by atoms with van der Waals surface area (Å²) >= 11 is 7.86. The van der Waals surface area contributed by atoms with Crippen LogP contribution in [0.5, 0.6) is 0 Å². The number of nitrogens with zero attached hydrogens (tertiary/aromatic N) is 2. The predicted octanol–water partition coefficient (Wildman–Crippen LogP) is 2.78. The van der Waals surface area contributed by atoms with Gasteiger partial charge in [-0.1, -0.05) is 11.6 Å². The van der Waals surface area contributed by atoms with Gasteiger partial charge in [-0.3, -0.25) is 4.90 Å². The van der Waals surface area contributed by atoms with Crippen LogP contribution in [0.15, 0.2) is 17.6 Å². The third kappa shape index (κ3) is 2.45. The zero-order valence-corrected chi connectivity index (χ0v) is 10.9. The lowest BCUT2D eigenvalue weighted by molar-refractivity contribution is 0.0342. The zero-order valence-electron chi connectivity index (χ0n) is 9.36. The maximum atomic E-state index is 6.22. The molecule has 0 unspecified atom stereocenters. The molecule has 1 aliphatic rings. The van der Waals surface area contributed by atoms with E-state index in [2.05, 4.69) is 16.0 Å². The Kier molecular flexibility index (Phi) is 3.29. The monoisotopic (exact) mass is 268 g/mol. The van der Waals surface area contributed by atoms with E-state index in [1.807, 2.05) is 11.6 Å². The molecule has 0 bridgehead atoms. The summed E-state index contributed by atoms with van der Waals surface area (Å²) in [6, 6.07) is 4.22. The van der Waals surface area contributed by atoms with E-state index in [-0.39, 0.29) is 0 Å². The number of halogens is 1. The van der Waals surface area contributed by atoms with Gasteiger partial charge in [-0.05, 0) is 17.7 Å². The van der Waals surface area contributed by atoms with Crippen LogP contribution in [-0.4, -0.2) is 36.2 Å². The van der Waals surface area contributed by atoms with E-state index in [0.29, 0.717) is 0 Å². The van der Waals surface area contributed by atoms with Gasteiger partial charge in [0.1, 0.15) is 0 Å². The highest BCUT2D eigenvalue weighted by Gasteiger charge is 2.12. The van der Waals surface area contributed by atoms with Gasteiger partial charge in [-0.25, -0.2) is 4.98 Å². The predicted molar refractivity (Wildman–Crippen MR) is 70.7 cm³/mol. The molecule has 0 saturated carbocycles. The molecule has 17 heavy (non-hydrogen) atoms. The van der Waals surface area contributed by atoms with Crippen LogP contribution in [0.2, 0.25) is 5.02 Å². The summed E-state index contributed by atoms with van der Waals surface area (Å²) in [6.07, 6.45) is 0. The standard InChI is InChI=1S/C12H13ClN2OS/c13-10-5-9(6-11-12(10)14-8-17-11)7-15-1-3-16-4-2-15/h5-6,8H,1-4,7H2. The first-order chi connectivity index (χ1) is 8.33. The highest BCUT2D eigenvalue weighted by atomic mass is 35.5. The Bertz CT molecular complexity index is 522. The quantitative estimate of drug-likeness (QED) is 0.838. The summed E-state index contributed by atoms with van der Waals surface area (Å²) in [6.45, 7) is 4.60. The number of morpholine rings is 1. The third-order valence-electron chi connectivity index (χ3n) is 2.96. The van der Waals surface area contributed by atoms with Gasteiger partial charge >= 0.3 is 0 Å². The Morgan fingerprint density at radius 2 is 2.18 bits per heavy atom. The molecule has 2 aromatic rings. The molecule has 1 aromatic carbocycles. The van der Waals surface area contributed by atoms with E-state index in [4.69, 9.17) is 16.3 Å². The fraction of sp³-hybridized carbons (Fsp3) is 0.417. The van der Waals surface area contributed by atoms with Crippen LogP contribution in [0.3, 0.4) is 0 Å². The van der Waals surface area contributed by atoms with E-state index in [9.17, 15) is 0 Å². The molecule has 1 aliphatic heterocycles. The minimum absolute atomic E-state index is 0.756. The summed E-state index contributed by atoms with van der Waals surface area (Å²) in [4.78, 5) is 6.65. The first-order valence-electron chi connectivity index (χ1n) is 5.64. The highest BCUT2D eigenvalue weighted by Crippen LogP contribution is 2.27. The summed E-state index contributed by atoms with van der Waals surface area (Å²) in [5, 5.41) is 0.756. The fourth-order valence-electron chi connectivity index (χ4n) is 2.09. The average Bonchev–Trinajstić information content (AvgIpc) is 2.79. The lowest BCUT2D eigenvalue weighted by Crippen LogP contribution is -2.35. The Labute approximate surface area is 109 Å². The van der Waals surface area contributed by atoms with Crippen molar-refractivity contribution in [3.8, 4) is 0 Å². The van der Waals surface area contributed by atoms with Gasteiger partial charge in [0.25, 0.3) is 0 Å². The maximum absolute atomic E-state index is 6.22. The molecule has 5 heteroatoms. The van der Waals surface area contributed by atoms with Crippen molar-refractivity contribution >= 4 is 33.2 Å². The molecular weight excluding hydrogens is 256 g/mol. The zero-order chi connectivity index (χ0) is 11.7. The SMILES string of the molecule is Clc1cc(CN2CCOCC2)cc2scnc12. The molecule has 90 valence electrons. The molecule has 0 N–H and O–H groups in total. The van der Waals surface area contributed by atoms with Crippen molar-refractivity contribution in [3.63, 3.8) is 0 Å². The van der Waals surface area contributed by atoms with Gasteiger partial charge in [0.05, 0.1) is 34.0 Å². The van der Waals surface area contributed by atoms with Gasteiger partial charge in [0.2, 0.25) is 0 Å². The number of hydrogen-bond donors (Lipinski definition) is 0. The first-order valence-corrected chi connectivity index (χ1v) is 6.90. The van der Waals surface area contributed by atoms with E-state index in [1.165, 1.54) is 10.3 Å². The molecule has 0 radical (unpaired) electrons. The molecule has 1 aromatic heterocycles. The van der Waals surface area contributed by atoms with Gasteiger partial charge in [-0.15, -0.1) is 11.3 Å². The van der Waals surface area contributed by atoms with Crippen molar-refractivity contribution in [1.82, 2.24) is 9.88 Å². The molecule has 0 atom stereocenters. The normalized spacial score (nSPS) is 17.7. The van der Waals surface area contributed by atoms with E-state index < -0.39 is 0 Å². The fourth-order valence-corrected chi connectivity index (χ4v) is 3.20. The first kappa shape index (κ1) is 11.4. The topological polar surface area (TPSA) is 25.4 Å². The number of aromatic nitrogens is 1. The molecular formula is C12H13ClN2OS. The number of thiazole rings is 1. The van der Waals surface area contributed by atoms with Crippen molar-refractivity contribution < 1.29 is 4.74 Å². The van der Waals surface area contributed by atoms with E-state index >= 15 is 0 Å². The largest absolute Gasteiger partial charge is 0.379 e. The van der Waals surface area contributed by atoms with Gasteiger partial charge in [0, 0.05) is 19.6 Å². The Morgan fingerprint density at radius 1 is 1.35 bits per heavy atom. The Morgan fingerprint density at radius 3 is 3.00 bits per heavy atom. The minimum atomic E-state index is 0.756. The number of rotatable bonds is 2. The lowest BCUT2D eigenvalue weighted by atomic mass is 10.2. The minimum Gasteiger partial charge on any atom is -0.379 e. The summed E-state index contributed by atoms with van der Waals surface area (Å²) in [5.74, 6) is 0. The molecule has 0 amide bonds.